The minimum atomic E-state index is 0.822. The summed E-state index contributed by atoms with van der Waals surface area (Å²) in [5.41, 5.74) is 2.59. The Kier molecular flexibility index (Phi) is 2.48. The van der Waals surface area contributed by atoms with E-state index < -0.39 is 0 Å². The Bertz CT molecular complexity index is 728. The molecule has 4 nitrogen and oxygen atoms in total. The molecular weight excluding hydrogens is 226 g/mol. The van der Waals surface area contributed by atoms with Crippen molar-refractivity contribution in [3.8, 4) is 0 Å². The van der Waals surface area contributed by atoms with Crippen LogP contribution in [0.15, 0.2) is 57.2 Å². The smallest absolute Gasteiger partial charge is 0.135 e. The van der Waals surface area contributed by atoms with Gasteiger partial charge in [0.25, 0.3) is 0 Å². The summed E-state index contributed by atoms with van der Waals surface area (Å²) in [5, 5.41) is 12.0. The Labute approximate surface area is 104 Å². The average Bonchev–Trinajstić information content (AvgIpc) is 2.74. The van der Waals surface area contributed by atoms with Crippen molar-refractivity contribution in [3.63, 3.8) is 0 Å². The molecule has 0 saturated heterocycles. The highest BCUT2D eigenvalue weighted by atomic mass is 16.3. The normalized spacial score (nSPS) is 11.7. The van der Waals surface area contributed by atoms with E-state index >= 15 is 0 Å². The lowest BCUT2D eigenvalue weighted by Crippen LogP contribution is -1.98. The van der Waals surface area contributed by atoms with E-state index in [1.54, 1.807) is 5.01 Å². The van der Waals surface area contributed by atoms with E-state index in [0.29, 0.717) is 0 Å². The van der Waals surface area contributed by atoms with Crippen LogP contribution in [0.5, 0.6) is 0 Å². The van der Waals surface area contributed by atoms with Gasteiger partial charge in [-0.3, -0.25) is 5.01 Å². The summed E-state index contributed by atoms with van der Waals surface area (Å²) in [6, 6.07) is 13.8. The topological polar surface area (TPSA) is 41.1 Å². The maximum absolute atomic E-state index is 5.75. The quantitative estimate of drug-likeness (QED) is 0.498. The highest BCUT2D eigenvalue weighted by molar-refractivity contribution is 6.05. The lowest BCUT2D eigenvalue weighted by atomic mass is 10.1. The van der Waals surface area contributed by atoms with E-state index in [9.17, 15) is 0 Å². The second kappa shape index (κ2) is 4.14. The lowest BCUT2D eigenvalue weighted by Gasteiger charge is -2.00. The molecule has 0 bridgehead atoms. The minimum Gasteiger partial charge on any atom is -0.456 e. The van der Waals surface area contributed by atoms with Crippen LogP contribution in [0.25, 0.3) is 21.9 Å². The molecule has 90 valence electrons. The third kappa shape index (κ3) is 1.82. The zero-order valence-electron chi connectivity index (χ0n) is 10.3. The molecule has 0 saturated carbocycles. The Morgan fingerprint density at radius 1 is 0.944 bits per heavy atom. The lowest BCUT2D eigenvalue weighted by molar-refractivity contribution is 0.408. The molecular formula is C14H13N3O. The first-order chi connectivity index (χ1) is 8.74. The monoisotopic (exact) mass is 239 g/mol. The van der Waals surface area contributed by atoms with E-state index in [1.807, 2.05) is 56.6 Å². The van der Waals surface area contributed by atoms with Gasteiger partial charge in [-0.05, 0) is 24.3 Å². The molecule has 0 amide bonds. The number of nitrogens with zero attached hydrogens (tertiary/aromatic N) is 3. The zero-order valence-corrected chi connectivity index (χ0v) is 10.3. The molecule has 0 aliphatic carbocycles. The van der Waals surface area contributed by atoms with E-state index in [-0.39, 0.29) is 0 Å². The van der Waals surface area contributed by atoms with E-state index in [1.165, 1.54) is 0 Å². The van der Waals surface area contributed by atoms with Crippen LogP contribution in [0.4, 0.5) is 5.69 Å². The molecule has 0 spiro atoms. The summed E-state index contributed by atoms with van der Waals surface area (Å²) in [6.45, 7) is 0. The van der Waals surface area contributed by atoms with Gasteiger partial charge in [0.1, 0.15) is 11.2 Å². The number of furan rings is 1. The molecule has 2 aromatic carbocycles. The Hall–Kier alpha value is -2.36. The van der Waals surface area contributed by atoms with Gasteiger partial charge in [0.2, 0.25) is 0 Å². The fourth-order valence-corrected chi connectivity index (χ4v) is 1.92. The minimum absolute atomic E-state index is 0.822. The second-order valence-corrected chi connectivity index (χ2v) is 4.32. The second-order valence-electron chi connectivity index (χ2n) is 4.32. The van der Waals surface area contributed by atoms with Gasteiger partial charge in [-0.2, -0.15) is 0 Å². The molecule has 4 heteroatoms. The molecule has 0 aliphatic heterocycles. The standard InChI is InChI=1S/C14H13N3O/c1-17(2)16-15-10-7-8-14-12(9-10)11-5-3-4-6-13(11)18-14/h3-9H,1-2H3. The van der Waals surface area contributed by atoms with Crippen molar-refractivity contribution in [2.24, 2.45) is 10.3 Å². The fourth-order valence-electron chi connectivity index (χ4n) is 1.92. The summed E-state index contributed by atoms with van der Waals surface area (Å²) in [7, 11) is 3.69. The Morgan fingerprint density at radius 3 is 2.56 bits per heavy atom. The third-order valence-corrected chi connectivity index (χ3v) is 2.70. The molecule has 0 unspecified atom stereocenters. The van der Waals surface area contributed by atoms with Crippen molar-refractivity contribution in [2.45, 2.75) is 0 Å². The SMILES string of the molecule is CN(C)N=Nc1ccc2oc3ccccc3c2c1. The van der Waals surface area contributed by atoms with Gasteiger partial charge in [-0.1, -0.05) is 23.4 Å². The van der Waals surface area contributed by atoms with E-state index in [0.717, 1.165) is 27.6 Å². The van der Waals surface area contributed by atoms with E-state index in [2.05, 4.69) is 10.3 Å². The molecule has 18 heavy (non-hydrogen) atoms. The molecule has 1 aromatic heterocycles. The van der Waals surface area contributed by atoms with Crippen molar-refractivity contribution in [1.82, 2.24) is 5.01 Å². The van der Waals surface area contributed by atoms with Crippen LogP contribution in [-0.2, 0) is 0 Å². The average molecular weight is 239 g/mol. The molecule has 1 heterocycles. The van der Waals surface area contributed by atoms with Crippen molar-refractivity contribution < 1.29 is 4.42 Å². The Balaban J connectivity index is 2.18. The van der Waals surface area contributed by atoms with Gasteiger partial charge in [-0.25, -0.2) is 0 Å². The predicted molar refractivity (Wildman–Crippen MR) is 71.9 cm³/mol. The fraction of sp³-hybridized carbons (Fsp3) is 0.143. The van der Waals surface area contributed by atoms with Crippen LogP contribution in [0.1, 0.15) is 0 Å². The van der Waals surface area contributed by atoms with Gasteiger partial charge in [0.15, 0.2) is 0 Å². The molecule has 0 N–H and O–H groups in total. The molecule has 0 radical (unpaired) electrons. The summed E-state index contributed by atoms with van der Waals surface area (Å²) >= 11 is 0. The number of hydrogen-bond donors (Lipinski definition) is 0. The van der Waals surface area contributed by atoms with E-state index in [4.69, 9.17) is 4.42 Å². The predicted octanol–water partition coefficient (Wildman–Crippen LogP) is 4.15. The Morgan fingerprint density at radius 2 is 1.72 bits per heavy atom. The molecule has 0 aliphatic rings. The van der Waals surface area contributed by atoms with Crippen LogP contribution in [0.2, 0.25) is 0 Å². The number of hydrogen-bond acceptors (Lipinski definition) is 3. The highest BCUT2D eigenvalue weighted by Crippen LogP contribution is 2.31. The van der Waals surface area contributed by atoms with Gasteiger partial charge in [0, 0.05) is 24.9 Å². The van der Waals surface area contributed by atoms with Crippen LogP contribution >= 0.6 is 0 Å². The summed E-state index contributed by atoms with van der Waals surface area (Å²) in [6.07, 6.45) is 0. The first kappa shape index (κ1) is 10.8. The summed E-state index contributed by atoms with van der Waals surface area (Å²) in [4.78, 5) is 0. The van der Waals surface area contributed by atoms with Crippen molar-refractivity contribution in [2.75, 3.05) is 14.1 Å². The maximum atomic E-state index is 5.75. The third-order valence-electron chi connectivity index (χ3n) is 2.70. The molecule has 0 fully saturated rings. The van der Waals surface area contributed by atoms with Crippen LogP contribution in [0.3, 0.4) is 0 Å². The summed E-state index contributed by atoms with van der Waals surface area (Å²) < 4.78 is 5.75. The first-order valence-electron chi connectivity index (χ1n) is 5.74. The molecule has 0 atom stereocenters. The van der Waals surface area contributed by atoms with Gasteiger partial charge >= 0.3 is 0 Å². The van der Waals surface area contributed by atoms with Crippen molar-refractivity contribution >= 4 is 27.6 Å². The number of rotatable bonds is 2. The van der Waals surface area contributed by atoms with Crippen LogP contribution in [-0.4, -0.2) is 19.1 Å². The zero-order chi connectivity index (χ0) is 12.5. The number of benzene rings is 2. The number of fused-ring (bicyclic) bond motifs is 3. The number of para-hydroxylation sites is 1. The van der Waals surface area contributed by atoms with Crippen LogP contribution in [0, 0.1) is 0 Å². The molecule has 3 aromatic rings. The van der Waals surface area contributed by atoms with Gasteiger partial charge < -0.3 is 4.42 Å². The van der Waals surface area contributed by atoms with Gasteiger partial charge in [-0.15, -0.1) is 5.11 Å². The van der Waals surface area contributed by atoms with Crippen LogP contribution < -0.4 is 0 Å². The largest absolute Gasteiger partial charge is 0.456 e. The highest BCUT2D eigenvalue weighted by Gasteiger charge is 2.06. The van der Waals surface area contributed by atoms with Gasteiger partial charge in [0.05, 0.1) is 5.69 Å². The van der Waals surface area contributed by atoms with Crippen molar-refractivity contribution in [3.05, 3.63) is 42.5 Å². The first-order valence-corrected chi connectivity index (χ1v) is 5.74. The maximum Gasteiger partial charge on any atom is 0.135 e. The van der Waals surface area contributed by atoms with Crippen molar-refractivity contribution in [1.29, 1.82) is 0 Å². The summed E-state index contributed by atoms with van der Waals surface area (Å²) in [5.74, 6) is 0. The molecule has 3 rings (SSSR count).